The summed E-state index contributed by atoms with van der Waals surface area (Å²) in [5.74, 6) is 0. The predicted molar refractivity (Wildman–Crippen MR) is 64.2 cm³/mol. The van der Waals surface area contributed by atoms with Crippen molar-refractivity contribution in [3.63, 3.8) is 0 Å². The summed E-state index contributed by atoms with van der Waals surface area (Å²) in [6, 6.07) is 7.53. The van der Waals surface area contributed by atoms with Gasteiger partial charge in [-0.3, -0.25) is 0 Å². The SMILES string of the molecule is NCc1cnn(-c2ccccc2Cl)c1Br. The highest BCUT2D eigenvalue weighted by Crippen LogP contribution is 2.25. The van der Waals surface area contributed by atoms with Gasteiger partial charge in [0.15, 0.2) is 0 Å². The lowest BCUT2D eigenvalue weighted by Crippen LogP contribution is -1.99. The van der Waals surface area contributed by atoms with Crippen LogP contribution in [0.15, 0.2) is 35.1 Å². The van der Waals surface area contributed by atoms with Gasteiger partial charge in [0.25, 0.3) is 0 Å². The molecule has 2 rings (SSSR count). The summed E-state index contributed by atoms with van der Waals surface area (Å²) in [6.45, 7) is 0.449. The molecule has 1 aromatic carbocycles. The lowest BCUT2D eigenvalue weighted by Gasteiger charge is -2.05. The van der Waals surface area contributed by atoms with Gasteiger partial charge in [-0.1, -0.05) is 23.7 Å². The van der Waals surface area contributed by atoms with Crippen molar-refractivity contribution in [1.29, 1.82) is 0 Å². The van der Waals surface area contributed by atoms with Crippen LogP contribution in [0.2, 0.25) is 5.02 Å². The zero-order valence-corrected chi connectivity index (χ0v) is 10.2. The number of nitrogens with two attached hydrogens (primary N) is 1. The van der Waals surface area contributed by atoms with Gasteiger partial charge in [0, 0.05) is 12.1 Å². The first kappa shape index (κ1) is 10.7. The monoisotopic (exact) mass is 285 g/mol. The van der Waals surface area contributed by atoms with Gasteiger partial charge in [0.05, 0.1) is 16.9 Å². The molecule has 0 amide bonds. The van der Waals surface area contributed by atoms with E-state index in [9.17, 15) is 0 Å². The number of hydrogen-bond acceptors (Lipinski definition) is 2. The number of hydrogen-bond donors (Lipinski definition) is 1. The van der Waals surface area contributed by atoms with Crippen LogP contribution in [0.25, 0.3) is 5.69 Å². The summed E-state index contributed by atoms with van der Waals surface area (Å²) in [7, 11) is 0. The Morgan fingerprint density at radius 1 is 1.40 bits per heavy atom. The molecule has 0 radical (unpaired) electrons. The largest absolute Gasteiger partial charge is 0.326 e. The van der Waals surface area contributed by atoms with Gasteiger partial charge in [-0.25, -0.2) is 4.68 Å². The van der Waals surface area contributed by atoms with Crippen LogP contribution in [0, 0.1) is 0 Å². The third kappa shape index (κ3) is 1.93. The van der Waals surface area contributed by atoms with Crippen LogP contribution < -0.4 is 5.73 Å². The van der Waals surface area contributed by atoms with E-state index in [2.05, 4.69) is 21.0 Å². The Bertz CT molecular complexity index is 481. The fourth-order valence-electron chi connectivity index (χ4n) is 1.30. The highest BCUT2D eigenvalue weighted by Gasteiger charge is 2.10. The molecular formula is C10H9BrClN3. The summed E-state index contributed by atoms with van der Waals surface area (Å²) in [5, 5.41) is 4.88. The molecule has 78 valence electrons. The highest BCUT2D eigenvalue weighted by molar-refractivity contribution is 9.10. The van der Waals surface area contributed by atoms with Gasteiger partial charge in [0.1, 0.15) is 4.60 Å². The normalized spacial score (nSPS) is 10.6. The van der Waals surface area contributed by atoms with Crippen molar-refractivity contribution >= 4 is 27.5 Å². The lowest BCUT2D eigenvalue weighted by atomic mass is 10.3. The van der Waals surface area contributed by atoms with Crippen LogP contribution >= 0.6 is 27.5 Å². The van der Waals surface area contributed by atoms with Crippen molar-refractivity contribution in [3.8, 4) is 5.69 Å². The molecule has 2 aromatic rings. The molecule has 0 saturated carbocycles. The summed E-state index contributed by atoms with van der Waals surface area (Å²) in [4.78, 5) is 0. The average Bonchev–Trinajstić information content (AvgIpc) is 2.60. The van der Waals surface area contributed by atoms with Crippen LogP contribution in [0.1, 0.15) is 5.56 Å². The molecule has 15 heavy (non-hydrogen) atoms. The first-order valence-corrected chi connectivity index (χ1v) is 5.58. The number of rotatable bonds is 2. The van der Waals surface area contributed by atoms with E-state index in [1.807, 2.05) is 24.3 Å². The Labute approximate surface area is 101 Å². The number of nitrogens with zero attached hydrogens (tertiary/aromatic N) is 2. The molecule has 1 heterocycles. The Morgan fingerprint density at radius 2 is 2.13 bits per heavy atom. The average molecular weight is 287 g/mol. The second-order valence-electron chi connectivity index (χ2n) is 3.03. The molecule has 0 unspecified atom stereocenters. The standard InChI is InChI=1S/C10H9BrClN3/c11-10-7(5-13)6-14-15(10)9-4-2-1-3-8(9)12/h1-4,6H,5,13H2. The van der Waals surface area contributed by atoms with E-state index >= 15 is 0 Å². The van der Waals surface area contributed by atoms with E-state index in [0.29, 0.717) is 11.6 Å². The van der Waals surface area contributed by atoms with Crippen molar-refractivity contribution in [2.45, 2.75) is 6.54 Å². The fraction of sp³-hybridized carbons (Fsp3) is 0.100. The predicted octanol–water partition coefficient (Wildman–Crippen LogP) is 2.75. The van der Waals surface area contributed by atoms with E-state index in [-0.39, 0.29) is 0 Å². The van der Waals surface area contributed by atoms with Crippen molar-refractivity contribution in [2.75, 3.05) is 0 Å². The molecule has 0 saturated heterocycles. The minimum atomic E-state index is 0.449. The third-order valence-electron chi connectivity index (χ3n) is 2.08. The summed E-state index contributed by atoms with van der Waals surface area (Å²) < 4.78 is 2.57. The Hall–Kier alpha value is -0.840. The van der Waals surface area contributed by atoms with E-state index < -0.39 is 0 Å². The maximum absolute atomic E-state index is 6.07. The van der Waals surface area contributed by atoms with E-state index in [1.54, 1.807) is 10.9 Å². The maximum Gasteiger partial charge on any atom is 0.114 e. The molecule has 0 spiro atoms. The molecule has 0 aliphatic heterocycles. The van der Waals surface area contributed by atoms with Gasteiger partial charge in [-0.2, -0.15) is 5.10 Å². The smallest absolute Gasteiger partial charge is 0.114 e. The van der Waals surface area contributed by atoms with Crippen LogP contribution in [-0.4, -0.2) is 9.78 Å². The van der Waals surface area contributed by atoms with Gasteiger partial charge in [0.2, 0.25) is 0 Å². The fourth-order valence-corrected chi connectivity index (χ4v) is 2.06. The van der Waals surface area contributed by atoms with Crippen molar-refractivity contribution in [3.05, 3.63) is 45.7 Å². The molecular weight excluding hydrogens is 277 g/mol. The van der Waals surface area contributed by atoms with Crippen LogP contribution in [0.4, 0.5) is 0 Å². The molecule has 3 nitrogen and oxygen atoms in total. The van der Waals surface area contributed by atoms with Gasteiger partial charge in [-0.05, 0) is 28.1 Å². The minimum absolute atomic E-state index is 0.449. The van der Waals surface area contributed by atoms with Gasteiger partial charge >= 0.3 is 0 Å². The molecule has 5 heteroatoms. The minimum Gasteiger partial charge on any atom is -0.326 e. The Morgan fingerprint density at radius 3 is 2.73 bits per heavy atom. The van der Waals surface area contributed by atoms with E-state index in [1.165, 1.54) is 0 Å². The first-order valence-electron chi connectivity index (χ1n) is 4.41. The van der Waals surface area contributed by atoms with Crippen LogP contribution in [-0.2, 0) is 6.54 Å². The number of para-hydroxylation sites is 1. The molecule has 0 atom stereocenters. The lowest BCUT2D eigenvalue weighted by molar-refractivity contribution is 0.858. The summed E-state index contributed by atoms with van der Waals surface area (Å²) >= 11 is 9.51. The van der Waals surface area contributed by atoms with Crippen molar-refractivity contribution < 1.29 is 0 Å². The molecule has 0 fully saturated rings. The quantitative estimate of drug-likeness (QED) is 0.922. The number of aromatic nitrogens is 2. The Kier molecular flexibility index (Phi) is 3.09. The number of halogens is 2. The second kappa shape index (κ2) is 4.35. The molecule has 2 N–H and O–H groups in total. The molecule has 0 aliphatic carbocycles. The van der Waals surface area contributed by atoms with Gasteiger partial charge < -0.3 is 5.73 Å². The second-order valence-corrected chi connectivity index (χ2v) is 4.19. The van der Waals surface area contributed by atoms with Crippen molar-refractivity contribution in [1.82, 2.24) is 9.78 Å². The maximum atomic E-state index is 6.07. The summed E-state index contributed by atoms with van der Waals surface area (Å²) in [6.07, 6.45) is 1.73. The van der Waals surface area contributed by atoms with Crippen LogP contribution in [0.3, 0.4) is 0 Å². The van der Waals surface area contributed by atoms with Crippen LogP contribution in [0.5, 0.6) is 0 Å². The van der Waals surface area contributed by atoms with E-state index in [4.69, 9.17) is 17.3 Å². The zero-order chi connectivity index (χ0) is 10.8. The van der Waals surface area contributed by atoms with E-state index in [0.717, 1.165) is 15.9 Å². The topological polar surface area (TPSA) is 43.8 Å². The van der Waals surface area contributed by atoms with Crippen molar-refractivity contribution in [2.24, 2.45) is 5.73 Å². The first-order chi connectivity index (χ1) is 7.24. The molecule has 0 bridgehead atoms. The zero-order valence-electron chi connectivity index (χ0n) is 7.82. The summed E-state index contributed by atoms with van der Waals surface area (Å²) in [5.41, 5.74) is 7.36. The highest BCUT2D eigenvalue weighted by atomic mass is 79.9. The molecule has 1 aromatic heterocycles. The third-order valence-corrected chi connectivity index (χ3v) is 3.25. The van der Waals surface area contributed by atoms with Gasteiger partial charge in [-0.15, -0.1) is 0 Å². The number of benzene rings is 1. The molecule has 0 aliphatic rings. The Balaban J connectivity index is 2.55.